The van der Waals surface area contributed by atoms with Crippen LogP contribution < -0.4 is 9.64 Å². The van der Waals surface area contributed by atoms with Crippen molar-refractivity contribution >= 4 is 22.7 Å². The molecule has 0 radical (unpaired) electrons. The lowest BCUT2D eigenvalue weighted by atomic mass is 10.2. The first-order valence-electron chi connectivity index (χ1n) is 5.38. The molecule has 0 fully saturated rings. The summed E-state index contributed by atoms with van der Waals surface area (Å²) in [6.45, 7) is 3.37. The SMILES string of the molecule is C=CC(=O)Oc1cccc2c(N(C)C)ncnc12. The molecular formula is C13H13N3O2. The molecule has 0 unspecified atom stereocenters. The summed E-state index contributed by atoms with van der Waals surface area (Å²) in [6.07, 6.45) is 2.57. The minimum Gasteiger partial charge on any atom is -0.421 e. The van der Waals surface area contributed by atoms with E-state index >= 15 is 0 Å². The largest absolute Gasteiger partial charge is 0.421 e. The normalized spacial score (nSPS) is 10.1. The minimum absolute atomic E-state index is 0.405. The molecule has 0 aliphatic heterocycles. The summed E-state index contributed by atoms with van der Waals surface area (Å²) in [5.74, 6) is 0.673. The summed E-state index contributed by atoms with van der Waals surface area (Å²) in [6, 6.07) is 5.37. The second-order valence-electron chi connectivity index (χ2n) is 3.87. The van der Waals surface area contributed by atoms with E-state index < -0.39 is 5.97 Å². The Hall–Kier alpha value is -2.43. The quantitative estimate of drug-likeness (QED) is 0.467. The van der Waals surface area contributed by atoms with Crippen molar-refractivity contribution in [1.29, 1.82) is 0 Å². The molecule has 1 aromatic carbocycles. The van der Waals surface area contributed by atoms with E-state index in [1.165, 1.54) is 6.33 Å². The third-order valence-electron chi connectivity index (χ3n) is 2.41. The Morgan fingerprint density at radius 2 is 2.17 bits per heavy atom. The Morgan fingerprint density at radius 3 is 2.83 bits per heavy atom. The third-order valence-corrected chi connectivity index (χ3v) is 2.41. The number of hydrogen-bond acceptors (Lipinski definition) is 5. The highest BCUT2D eigenvalue weighted by molar-refractivity contribution is 5.95. The van der Waals surface area contributed by atoms with Gasteiger partial charge in [0.25, 0.3) is 0 Å². The van der Waals surface area contributed by atoms with Gasteiger partial charge in [-0.15, -0.1) is 0 Å². The van der Waals surface area contributed by atoms with Crippen molar-refractivity contribution in [2.24, 2.45) is 0 Å². The zero-order chi connectivity index (χ0) is 13.1. The van der Waals surface area contributed by atoms with Crippen LogP contribution in [0.5, 0.6) is 5.75 Å². The molecule has 5 nitrogen and oxygen atoms in total. The molecule has 2 rings (SSSR count). The number of para-hydroxylation sites is 1. The molecule has 92 valence electrons. The number of aromatic nitrogens is 2. The van der Waals surface area contributed by atoms with Gasteiger partial charge in [0, 0.05) is 25.6 Å². The maximum atomic E-state index is 11.2. The molecule has 18 heavy (non-hydrogen) atoms. The zero-order valence-electron chi connectivity index (χ0n) is 10.3. The van der Waals surface area contributed by atoms with E-state index in [0.29, 0.717) is 11.3 Å². The van der Waals surface area contributed by atoms with Crippen molar-refractivity contribution < 1.29 is 9.53 Å². The van der Waals surface area contributed by atoms with Gasteiger partial charge in [-0.3, -0.25) is 0 Å². The fourth-order valence-electron chi connectivity index (χ4n) is 1.64. The molecule has 0 saturated carbocycles. The lowest BCUT2D eigenvalue weighted by Gasteiger charge is -2.14. The van der Waals surface area contributed by atoms with Gasteiger partial charge in [0.2, 0.25) is 0 Å². The van der Waals surface area contributed by atoms with Crippen molar-refractivity contribution in [3.8, 4) is 5.75 Å². The number of ether oxygens (including phenoxy) is 1. The van der Waals surface area contributed by atoms with Gasteiger partial charge in [0.15, 0.2) is 5.75 Å². The smallest absolute Gasteiger partial charge is 0.335 e. The predicted octanol–water partition coefficient (Wildman–Crippen LogP) is 1.79. The molecule has 2 aromatic rings. The van der Waals surface area contributed by atoms with Crippen LogP contribution in [0.25, 0.3) is 10.9 Å². The Bertz CT molecular complexity index is 608. The lowest BCUT2D eigenvalue weighted by Crippen LogP contribution is -2.12. The molecule has 1 aromatic heterocycles. The van der Waals surface area contributed by atoms with Crippen LogP contribution in [0, 0.1) is 0 Å². The topological polar surface area (TPSA) is 55.3 Å². The van der Waals surface area contributed by atoms with Crippen LogP contribution >= 0.6 is 0 Å². The van der Waals surface area contributed by atoms with Gasteiger partial charge >= 0.3 is 5.97 Å². The summed E-state index contributed by atoms with van der Waals surface area (Å²) in [7, 11) is 3.79. The first-order valence-corrected chi connectivity index (χ1v) is 5.38. The molecule has 0 amide bonds. The first kappa shape index (κ1) is 12.0. The van der Waals surface area contributed by atoms with Crippen molar-refractivity contribution in [3.63, 3.8) is 0 Å². The number of hydrogen-bond donors (Lipinski definition) is 0. The van der Waals surface area contributed by atoms with Crippen molar-refractivity contribution in [2.75, 3.05) is 19.0 Å². The van der Waals surface area contributed by atoms with Crippen molar-refractivity contribution in [3.05, 3.63) is 37.2 Å². The van der Waals surface area contributed by atoms with E-state index in [4.69, 9.17) is 4.74 Å². The molecule has 0 N–H and O–H groups in total. The van der Waals surface area contributed by atoms with E-state index in [1.54, 1.807) is 12.1 Å². The first-order chi connectivity index (χ1) is 8.63. The van der Waals surface area contributed by atoms with Crippen LogP contribution in [0.3, 0.4) is 0 Å². The molecule has 0 saturated heterocycles. The van der Waals surface area contributed by atoms with Crippen LogP contribution in [0.1, 0.15) is 0 Å². The van der Waals surface area contributed by atoms with Gasteiger partial charge in [-0.25, -0.2) is 14.8 Å². The van der Waals surface area contributed by atoms with Crippen LogP contribution in [0.4, 0.5) is 5.82 Å². The standard InChI is InChI=1S/C13H13N3O2/c1-4-11(17)18-10-7-5-6-9-12(10)14-8-15-13(9)16(2)3/h4-8H,1H2,2-3H3. The number of rotatable bonds is 3. The number of esters is 1. The molecular weight excluding hydrogens is 230 g/mol. The van der Waals surface area contributed by atoms with E-state index in [9.17, 15) is 4.79 Å². The summed E-state index contributed by atoms with van der Waals surface area (Å²) in [5, 5.41) is 0.830. The highest BCUT2D eigenvalue weighted by Crippen LogP contribution is 2.28. The summed E-state index contributed by atoms with van der Waals surface area (Å²) in [5.41, 5.74) is 0.603. The Balaban J connectivity index is 2.60. The van der Waals surface area contributed by atoms with Gasteiger partial charge in [-0.2, -0.15) is 0 Å². The second kappa shape index (κ2) is 4.83. The van der Waals surface area contributed by atoms with Crippen molar-refractivity contribution in [1.82, 2.24) is 9.97 Å². The predicted molar refractivity (Wildman–Crippen MR) is 69.7 cm³/mol. The zero-order valence-corrected chi connectivity index (χ0v) is 10.3. The maximum absolute atomic E-state index is 11.2. The summed E-state index contributed by atoms with van der Waals surface area (Å²) < 4.78 is 5.15. The van der Waals surface area contributed by atoms with Gasteiger partial charge in [-0.05, 0) is 12.1 Å². The van der Waals surface area contributed by atoms with E-state index in [1.807, 2.05) is 25.1 Å². The fourth-order valence-corrected chi connectivity index (χ4v) is 1.64. The highest BCUT2D eigenvalue weighted by atomic mass is 16.5. The lowest BCUT2D eigenvalue weighted by molar-refractivity contribution is -0.128. The number of carbonyl (C=O) groups is 1. The van der Waals surface area contributed by atoms with Gasteiger partial charge < -0.3 is 9.64 Å². The van der Waals surface area contributed by atoms with Crippen LogP contribution in [-0.4, -0.2) is 30.0 Å². The maximum Gasteiger partial charge on any atom is 0.335 e. The molecule has 0 aliphatic carbocycles. The summed E-state index contributed by atoms with van der Waals surface area (Å²) >= 11 is 0. The number of carbonyl (C=O) groups excluding carboxylic acids is 1. The number of benzene rings is 1. The molecule has 0 aliphatic rings. The van der Waals surface area contributed by atoms with E-state index in [2.05, 4.69) is 16.5 Å². The third kappa shape index (κ3) is 2.15. The number of nitrogens with zero attached hydrogens (tertiary/aromatic N) is 3. The Kier molecular flexibility index (Phi) is 3.23. The van der Waals surface area contributed by atoms with Gasteiger partial charge in [0.05, 0.1) is 0 Å². The Morgan fingerprint density at radius 1 is 1.39 bits per heavy atom. The van der Waals surface area contributed by atoms with Crippen molar-refractivity contribution in [2.45, 2.75) is 0 Å². The van der Waals surface area contributed by atoms with E-state index in [-0.39, 0.29) is 0 Å². The average molecular weight is 243 g/mol. The van der Waals surface area contributed by atoms with Crippen LogP contribution in [0.15, 0.2) is 37.2 Å². The molecule has 0 bridgehead atoms. The van der Waals surface area contributed by atoms with Gasteiger partial charge in [-0.1, -0.05) is 12.6 Å². The molecule has 0 spiro atoms. The number of fused-ring (bicyclic) bond motifs is 1. The number of anilines is 1. The second-order valence-corrected chi connectivity index (χ2v) is 3.87. The fraction of sp³-hybridized carbons (Fsp3) is 0.154. The Labute approximate surface area is 105 Å². The average Bonchev–Trinajstić information content (AvgIpc) is 2.38. The minimum atomic E-state index is -0.507. The molecule has 1 heterocycles. The molecule has 0 atom stereocenters. The summed E-state index contributed by atoms with van der Waals surface area (Å²) in [4.78, 5) is 21.5. The van der Waals surface area contributed by atoms with Crippen LogP contribution in [-0.2, 0) is 4.79 Å². The highest BCUT2D eigenvalue weighted by Gasteiger charge is 2.11. The van der Waals surface area contributed by atoms with E-state index in [0.717, 1.165) is 17.3 Å². The van der Waals surface area contributed by atoms with Gasteiger partial charge in [0.1, 0.15) is 17.7 Å². The molecule has 5 heteroatoms. The van der Waals surface area contributed by atoms with Crippen LogP contribution in [0.2, 0.25) is 0 Å². The monoisotopic (exact) mass is 243 g/mol.